The minimum atomic E-state index is -0.805. The molecule has 2 fully saturated rings. The zero-order chi connectivity index (χ0) is 21.7. The topological polar surface area (TPSA) is 123 Å². The normalized spacial score (nSPS) is 17.1. The Balaban J connectivity index is 1.44. The van der Waals surface area contributed by atoms with Gasteiger partial charge in [0.2, 0.25) is 0 Å². The van der Waals surface area contributed by atoms with Crippen molar-refractivity contribution in [1.82, 2.24) is 10.2 Å². The maximum absolute atomic E-state index is 12.5. The maximum Gasteiger partial charge on any atom is 0.325 e. The van der Waals surface area contributed by atoms with Crippen molar-refractivity contribution >= 4 is 29.5 Å². The van der Waals surface area contributed by atoms with Gasteiger partial charge in [-0.3, -0.25) is 19.3 Å². The highest BCUT2D eigenvalue weighted by molar-refractivity contribution is 6.07. The first-order valence-electron chi connectivity index (χ1n) is 9.70. The van der Waals surface area contributed by atoms with Gasteiger partial charge in [-0.25, -0.2) is 4.79 Å². The summed E-state index contributed by atoms with van der Waals surface area (Å²) in [6.07, 6.45) is 2.83. The van der Waals surface area contributed by atoms with Crippen LogP contribution in [0.25, 0.3) is 0 Å². The summed E-state index contributed by atoms with van der Waals surface area (Å²) in [5.74, 6) is -0.535. The van der Waals surface area contributed by atoms with E-state index >= 15 is 0 Å². The summed E-state index contributed by atoms with van der Waals surface area (Å²) in [7, 11) is 2.98. The summed E-state index contributed by atoms with van der Waals surface area (Å²) >= 11 is 0. The lowest BCUT2D eigenvalue weighted by molar-refractivity contribution is -0.147. The third kappa shape index (κ3) is 4.47. The van der Waals surface area contributed by atoms with Crippen LogP contribution in [0.5, 0.6) is 11.5 Å². The fraction of sp³-hybridized carbons (Fsp3) is 0.500. The van der Waals surface area contributed by atoms with Gasteiger partial charge < -0.3 is 24.8 Å². The van der Waals surface area contributed by atoms with Crippen molar-refractivity contribution < 1.29 is 33.4 Å². The van der Waals surface area contributed by atoms with Gasteiger partial charge in [-0.15, -0.1) is 0 Å². The molecule has 4 amide bonds. The molecule has 162 valence electrons. The number of imide groups is 1. The van der Waals surface area contributed by atoms with Gasteiger partial charge in [-0.05, 0) is 25.0 Å². The molecule has 1 saturated carbocycles. The average molecular weight is 419 g/mol. The Morgan fingerprint density at radius 1 is 1.13 bits per heavy atom. The first-order valence-corrected chi connectivity index (χ1v) is 9.70. The van der Waals surface area contributed by atoms with E-state index in [9.17, 15) is 19.2 Å². The van der Waals surface area contributed by atoms with Gasteiger partial charge in [-0.2, -0.15) is 0 Å². The van der Waals surface area contributed by atoms with E-state index in [2.05, 4.69) is 10.6 Å². The highest BCUT2D eigenvalue weighted by Gasteiger charge is 2.52. The van der Waals surface area contributed by atoms with E-state index in [0.29, 0.717) is 30.0 Å². The number of nitrogens with zero attached hydrogens (tertiary/aromatic N) is 1. The van der Waals surface area contributed by atoms with E-state index in [0.717, 1.165) is 17.7 Å². The quantitative estimate of drug-likeness (QED) is 0.483. The van der Waals surface area contributed by atoms with Crippen molar-refractivity contribution in [3.63, 3.8) is 0 Å². The summed E-state index contributed by atoms with van der Waals surface area (Å²) in [5, 5.41) is 5.34. The van der Waals surface area contributed by atoms with Gasteiger partial charge in [-0.1, -0.05) is 12.8 Å². The van der Waals surface area contributed by atoms with Crippen molar-refractivity contribution in [2.24, 2.45) is 0 Å². The largest absolute Gasteiger partial charge is 0.493 e. The van der Waals surface area contributed by atoms with Crippen molar-refractivity contribution in [2.75, 3.05) is 32.7 Å². The van der Waals surface area contributed by atoms with Gasteiger partial charge in [0.1, 0.15) is 5.54 Å². The molecule has 1 aliphatic carbocycles. The van der Waals surface area contributed by atoms with Gasteiger partial charge in [0.25, 0.3) is 11.8 Å². The molecule has 1 aliphatic heterocycles. The summed E-state index contributed by atoms with van der Waals surface area (Å²) in [5.41, 5.74) is -0.352. The second-order valence-electron chi connectivity index (χ2n) is 7.20. The van der Waals surface area contributed by atoms with Crippen LogP contribution in [-0.2, 0) is 19.1 Å². The van der Waals surface area contributed by atoms with Gasteiger partial charge in [0.05, 0.1) is 20.6 Å². The fourth-order valence-electron chi connectivity index (χ4n) is 3.73. The minimum absolute atomic E-state index is 0.0808. The predicted octanol–water partition coefficient (Wildman–Crippen LogP) is 1.44. The number of methoxy groups -OCH3 is 2. The van der Waals surface area contributed by atoms with E-state index in [1.807, 2.05) is 0 Å². The molecule has 2 aliphatic rings. The van der Waals surface area contributed by atoms with Crippen LogP contribution in [0.2, 0.25) is 0 Å². The van der Waals surface area contributed by atoms with Crippen LogP contribution in [0.15, 0.2) is 18.2 Å². The highest BCUT2D eigenvalue weighted by atomic mass is 16.5. The summed E-state index contributed by atoms with van der Waals surface area (Å²) < 4.78 is 15.2. The number of benzene rings is 1. The van der Waals surface area contributed by atoms with Crippen molar-refractivity contribution in [3.05, 3.63) is 18.2 Å². The first-order chi connectivity index (χ1) is 14.4. The summed E-state index contributed by atoms with van der Waals surface area (Å²) in [6, 6.07) is 4.35. The lowest BCUT2D eigenvalue weighted by Gasteiger charge is -2.19. The van der Waals surface area contributed by atoms with Crippen LogP contribution < -0.4 is 20.1 Å². The Hall–Kier alpha value is -3.30. The zero-order valence-electron chi connectivity index (χ0n) is 17.0. The standard InChI is InChI=1S/C20H25N3O7/c1-28-14-6-5-13(11-15(14)29-2)21-16(24)12-30-17(25)7-10-23-18(26)20(22-19(23)27)8-3-4-9-20/h5-6,11H,3-4,7-10,12H2,1-2H3,(H,21,24)(H,22,27). The fourth-order valence-corrected chi connectivity index (χ4v) is 3.73. The Kier molecular flexibility index (Phi) is 6.43. The number of hydrogen-bond donors (Lipinski definition) is 2. The van der Waals surface area contributed by atoms with E-state index in [1.54, 1.807) is 18.2 Å². The molecule has 2 N–H and O–H groups in total. The van der Waals surface area contributed by atoms with E-state index in [4.69, 9.17) is 14.2 Å². The molecule has 0 atom stereocenters. The molecule has 0 bridgehead atoms. The van der Waals surface area contributed by atoms with Crippen LogP contribution in [0.1, 0.15) is 32.1 Å². The number of carbonyl (C=O) groups excluding carboxylic acids is 4. The molecule has 1 heterocycles. The molecule has 0 aromatic heterocycles. The second kappa shape index (κ2) is 9.02. The number of hydrogen-bond acceptors (Lipinski definition) is 7. The number of rotatable bonds is 8. The SMILES string of the molecule is COc1ccc(NC(=O)COC(=O)CCN2C(=O)NC3(CCCC3)C2=O)cc1OC. The third-order valence-corrected chi connectivity index (χ3v) is 5.27. The van der Waals surface area contributed by atoms with Crippen LogP contribution in [0.4, 0.5) is 10.5 Å². The van der Waals surface area contributed by atoms with Crippen molar-refractivity contribution in [3.8, 4) is 11.5 Å². The van der Waals surface area contributed by atoms with Crippen LogP contribution >= 0.6 is 0 Å². The molecule has 1 saturated heterocycles. The minimum Gasteiger partial charge on any atom is -0.493 e. The van der Waals surface area contributed by atoms with E-state index in [-0.39, 0.29) is 18.9 Å². The molecule has 1 spiro atoms. The molecule has 1 aromatic rings. The van der Waals surface area contributed by atoms with Crippen LogP contribution in [-0.4, -0.2) is 61.6 Å². The number of esters is 1. The molecule has 30 heavy (non-hydrogen) atoms. The zero-order valence-corrected chi connectivity index (χ0v) is 17.0. The number of nitrogens with one attached hydrogen (secondary N) is 2. The van der Waals surface area contributed by atoms with E-state index in [1.165, 1.54) is 14.2 Å². The van der Waals surface area contributed by atoms with Gasteiger partial charge >= 0.3 is 12.0 Å². The Labute approximate surface area is 173 Å². The highest BCUT2D eigenvalue weighted by Crippen LogP contribution is 2.35. The number of ether oxygens (including phenoxy) is 3. The monoisotopic (exact) mass is 419 g/mol. The van der Waals surface area contributed by atoms with Gasteiger partial charge in [0, 0.05) is 18.3 Å². The third-order valence-electron chi connectivity index (χ3n) is 5.27. The van der Waals surface area contributed by atoms with Crippen molar-refractivity contribution in [2.45, 2.75) is 37.6 Å². The first kappa shape index (κ1) is 21.4. The average Bonchev–Trinajstić information content (AvgIpc) is 3.29. The molecule has 0 radical (unpaired) electrons. The number of amides is 4. The van der Waals surface area contributed by atoms with Crippen molar-refractivity contribution in [1.29, 1.82) is 0 Å². The van der Waals surface area contributed by atoms with Gasteiger partial charge in [0.15, 0.2) is 18.1 Å². The Morgan fingerprint density at radius 2 is 1.83 bits per heavy atom. The molecule has 10 nitrogen and oxygen atoms in total. The molecule has 0 unspecified atom stereocenters. The Morgan fingerprint density at radius 3 is 2.50 bits per heavy atom. The molecular weight excluding hydrogens is 394 g/mol. The smallest absolute Gasteiger partial charge is 0.325 e. The lowest BCUT2D eigenvalue weighted by atomic mass is 9.98. The summed E-state index contributed by atoms with van der Waals surface area (Å²) in [6.45, 7) is -0.570. The predicted molar refractivity (Wildman–Crippen MR) is 105 cm³/mol. The number of urea groups is 1. The maximum atomic E-state index is 12.5. The van der Waals surface area contributed by atoms with Crippen LogP contribution in [0, 0.1) is 0 Å². The molecular formula is C20H25N3O7. The number of anilines is 1. The Bertz CT molecular complexity index is 849. The summed E-state index contributed by atoms with van der Waals surface area (Å²) in [4.78, 5) is 49.6. The molecule has 10 heteroatoms. The lowest BCUT2D eigenvalue weighted by Crippen LogP contribution is -2.44. The molecule has 1 aromatic carbocycles. The molecule has 3 rings (SSSR count). The number of carbonyl (C=O) groups is 4. The van der Waals surface area contributed by atoms with E-state index < -0.39 is 30.1 Å². The second-order valence-corrected chi connectivity index (χ2v) is 7.20. The van der Waals surface area contributed by atoms with Crippen LogP contribution in [0.3, 0.4) is 0 Å².